The normalized spacial score (nSPS) is 16.1. The van der Waals surface area contributed by atoms with Gasteiger partial charge in [-0.1, -0.05) is 18.2 Å². The topological polar surface area (TPSA) is 58.6 Å². The van der Waals surface area contributed by atoms with Crippen molar-refractivity contribution in [1.82, 2.24) is 5.32 Å². The number of hydrogen-bond acceptors (Lipinski definition) is 3. The fourth-order valence-corrected chi connectivity index (χ4v) is 2.09. The summed E-state index contributed by atoms with van der Waals surface area (Å²) >= 11 is 0. The molecule has 2 N–H and O–H groups in total. The van der Waals surface area contributed by atoms with E-state index in [9.17, 15) is 40.6 Å². The molecule has 1 unspecified atom stereocenters. The molecule has 11 heteroatoms. The summed E-state index contributed by atoms with van der Waals surface area (Å²) in [6, 6.07) is 3.62. The Hall–Kier alpha value is -2.04. The molecule has 0 aliphatic rings. The van der Waals surface area contributed by atoms with Gasteiger partial charge in [-0.15, -0.1) is 13.2 Å². The van der Waals surface area contributed by atoms with Gasteiger partial charge in [0.05, 0.1) is 12.5 Å². The standard InChI is InChI=1S/C15H16F7NO3/c1-8(9-5-3-4-6-10(9)26-15(20,21)22)23-11(24)7-13(2,25)14(18,19)12(16)17/h3-6,8,12,25H,7H2,1-2H3,(H,23,24)/t8-,13?/m0/s1. The lowest BCUT2D eigenvalue weighted by Gasteiger charge is -2.31. The molecule has 148 valence electrons. The number of ether oxygens (including phenoxy) is 1. The van der Waals surface area contributed by atoms with E-state index in [1.54, 1.807) is 0 Å². The van der Waals surface area contributed by atoms with Crippen LogP contribution in [0.1, 0.15) is 31.9 Å². The average Bonchev–Trinajstić information content (AvgIpc) is 2.44. The summed E-state index contributed by atoms with van der Waals surface area (Å²) in [6.07, 6.45) is -10.6. The molecule has 1 aromatic carbocycles. The van der Waals surface area contributed by atoms with E-state index in [0.29, 0.717) is 6.92 Å². The predicted octanol–water partition coefficient (Wildman–Crippen LogP) is 3.80. The van der Waals surface area contributed by atoms with Crippen molar-refractivity contribution in [2.24, 2.45) is 0 Å². The van der Waals surface area contributed by atoms with Crippen LogP contribution in [0.2, 0.25) is 0 Å². The summed E-state index contributed by atoms with van der Waals surface area (Å²) in [6.45, 7) is 1.60. The number of nitrogens with one attached hydrogen (secondary N) is 1. The Kier molecular flexibility index (Phi) is 6.50. The first kappa shape index (κ1) is 22.0. The van der Waals surface area contributed by atoms with Crippen LogP contribution in [0.4, 0.5) is 30.7 Å². The molecule has 1 aromatic rings. The van der Waals surface area contributed by atoms with E-state index in [1.807, 2.05) is 0 Å². The van der Waals surface area contributed by atoms with E-state index in [1.165, 1.54) is 25.1 Å². The van der Waals surface area contributed by atoms with Crippen molar-refractivity contribution in [3.63, 3.8) is 0 Å². The second-order valence-electron chi connectivity index (χ2n) is 5.75. The number of carbonyl (C=O) groups is 1. The van der Waals surface area contributed by atoms with E-state index in [2.05, 4.69) is 10.1 Å². The van der Waals surface area contributed by atoms with Crippen molar-refractivity contribution in [3.8, 4) is 5.75 Å². The van der Waals surface area contributed by atoms with E-state index >= 15 is 0 Å². The number of amides is 1. The lowest BCUT2D eigenvalue weighted by atomic mass is 9.93. The summed E-state index contributed by atoms with van der Waals surface area (Å²) in [7, 11) is 0. The summed E-state index contributed by atoms with van der Waals surface area (Å²) < 4.78 is 92.1. The fourth-order valence-electron chi connectivity index (χ4n) is 2.09. The van der Waals surface area contributed by atoms with Crippen LogP contribution in [0, 0.1) is 0 Å². The highest BCUT2D eigenvalue weighted by Crippen LogP contribution is 2.37. The van der Waals surface area contributed by atoms with E-state index in [0.717, 1.165) is 6.07 Å². The van der Waals surface area contributed by atoms with Gasteiger partial charge >= 0.3 is 18.7 Å². The first-order valence-electron chi connectivity index (χ1n) is 7.20. The third-order valence-electron chi connectivity index (χ3n) is 3.49. The molecule has 2 atom stereocenters. The van der Waals surface area contributed by atoms with Gasteiger partial charge in [-0.2, -0.15) is 8.78 Å². The molecule has 0 aliphatic carbocycles. The number of carbonyl (C=O) groups excluding carboxylic acids is 1. The van der Waals surface area contributed by atoms with Crippen LogP contribution in [0.3, 0.4) is 0 Å². The van der Waals surface area contributed by atoms with Crippen LogP contribution in [-0.2, 0) is 4.79 Å². The molecular weight excluding hydrogens is 375 g/mol. The molecule has 4 nitrogen and oxygen atoms in total. The fraction of sp³-hybridized carbons (Fsp3) is 0.533. The van der Waals surface area contributed by atoms with Crippen LogP contribution in [-0.4, -0.2) is 35.3 Å². The summed E-state index contributed by atoms with van der Waals surface area (Å²) in [5, 5.41) is 11.6. The highest BCUT2D eigenvalue weighted by atomic mass is 19.4. The Morgan fingerprint density at radius 1 is 1.19 bits per heavy atom. The van der Waals surface area contributed by atoms with Gasteiger partial charge in [-0.3, -0.25) is 4.79 Å². The number of benzene rings is 1. The van der Waals surface area contributed by atoms with Gasteiger partial charge in [-0.25, -0.2) is 8.78 Å². The SMILES string of the molecule is C[C@H](NC(=O)CC(C)(O)C(F)(F)C(F)F)c1ccccc1OC(F)(F)F. The Labute approximate surface area is 143 Å². The lowest BCUT2D eigenvalue weighted by Crippen LogP contribution is -2.53. The number of aliphatic hydroxyl groups is 1. The van der Waals surface area contributed by atoms with E-state index in [4.69, 9.17) is 0 Å². The van der Waals surface area contributed by atoms with Crippen molar-refractivity contribution in [3.05, 3.63) is 29.8 Å². The molecule has 0 aromatic heterocycles. The maximum atomic E-state index is 13.3. The van der Waals surface area contributed by atoms with Crippen LogP contribution in [0.5, 0.6) is 5.75 Å². The van der Waals surface area contributed by atoms with Crippen molar-refractivity contribution in [2.75, 3.05) is 0 Å². The predicted molar refractivity (Wildman–Crippen MR) is 75.9 cm³/mol. The minimum Gasteiger partial charge on any atom is -0.405 e. The summed E-state index contributed by atoms with van der Waals surface area (Å²) in [4.78, 5) is 11.8. The first-order chi connectivity index (χ1) is 11.7. The van der Waals surface area contributed by atoms with Gasteiger partial charge < -0.3 is 15.2 Å². The Morgan fingerprint density at radius 3 is 2.23 bits per heavy atom. The number of hydrogen-bond donors (Lipinski definition) is 2. The molecule has 26 heavy (non-hydrogen) atoms. The van der Waals surface area contributed by atoms with Crippen LogP contribution < -0.4 is 10.1 Å². The molecule has 0 aliphatic heterocycles. The zero-order chi connectivity index (χ0) is 20.3. The third kappa shape index (κ3) is 5.48. The lowest BCUT2D eigenvalue weighted by molar-refractivity contribution is -0.275. The monoisotopic (exact) mass is 391 g/mol. The summed E-state index contributed by atoms with van der Waals surface area (Å²) in [5.74, 6) is -6.74. The maximum Gasteiger partial charge on any atom is 0.573 e. The number of para-hydroxylation sites is 1. The van der Waals surface area contributed by atoms with Crippen LogP contribution >= 0.6 is 0 Å². The highest BCUT2D eigenvalue weighted by Gasteiger charge is 2.57. The van der Waals surface area contributed by atoms with Crippen molar-refractivity contribution in [2.45, 2.75) is 50.6 Å². The molecule has 0 radical (unpaired) electrons. The Balaban J connectivity index is 2.89. The Bertz CT molecular complexity index is 632. The maximum absolute atomic E-state index is 13.3. The van der Waals surface area contributed by atoms with Gasteiger partial charge in [0, 0.05) is 5.56 Å². The largest absolute Gasteiger partial charge is 0.573 e. The number of halogens is 7. The molecule has 0 saturated heterocycles. The molecule has 1 rings (SSSR count). The zero-order valence-corrected chi connectivity index (χ0v) is 13.6. The van der Waals surface area contributed by atoms with Crippen molar-refractivity contribution >= 4 is 5.91 Å². The summed E-state index contributed by atoms with van der Waals surface area (Å²) in [5.41, 5.74) is -3.48. The minimum atomic E-state index is -5.00. The molecule has 0 bridgehead atoms. The number of alkyl halides is 7. The van der Waals surface area contributed by atoms with Crippen molar-refractivity contribution < 1.29 is 45.4 Å². The van der Waals surface area contributed by atoms with Crippen molar-refractivity contribution in [1.29, 1.82) is 0 Å². The molecular formula is C15H16F7NO3. The second-order valence-corrected chi connectivity index (χ2v) is 5.75. The van der Waals surface area contributed by atoms with Gasteiger partial charge in [0.15, 0.2) is 0 Å². The van der Waals surface area contributed by atoms with Gasteiger partial charge in [0.2, 0.25) is 5.91 Å². The third-order valence-corrected chi connectivity index (χ3v) is 3.49. The minimum absolute atomic E-state index is 0.126. The Morgan fingerprint density at radius 2 is 1.73 bits per heavy atom. The molecule has 0 heterocycles. The average molecular weight is 391 g/mol. The second kappa shape index (κ2) is 7.68. The van der Waals surface area contributed by atoms with E-state index in [-0.39, 0.29) is 5.56 Å². The van der Waals surface area contributed by atoms with Gasteiger partial charge in [0.25, 0.3) is 0 Å². The molecule has 0 saturated carbocycles. The zero-order valence-electron chi connectivity index (χ0n) is 13.6. The highest BCUT2D eigenvalue weighted by molar-refractivity contribution is 5.77. The quantitative estimate of drug-likeness (QED) is 0.696. The first-order valence-corrected chi connectivity index (χ1v) is 7.20. The molecule has 0 spiro atoms. The molecule has 1 amide bonds. The van der Waals surface area contributed by atoms with E-state index < -0.39 is 48.4 Å². The van der Waals surface area contributed by atoms with Gasteiger partial charge in [0.1, 0.15) is 11.4 Å². The van der Waals surface area contributed by atoms with Crippen LogP contribution in [0.25, 0.3) is 0 Å². The van der Waals surface area contributed by atoms with Gasteiger partial charge in [-0.05, 0) is 19.9 Å². The van der Waals surface area contributed by atoms with Crippen LogP contribution in [0.15, 0.2) is 24.3 Å². The smallest absolute Gasteiger partial charge is 0.405 e. The molecule has 0 fully saturated rings. The number of rotatable bonds is 7.